The Morgan fingerprint density at radius 1 is 0.958 bits per heavy atom. The van der Waals surface area contributed by atoms with E-state index in [1.165, 1.54) is 6.33 Å². The summed E-state index contributed by atoms with van der Waals surface area (Å²) < 4.78 is 5.09. The molecule has 0 aliphatic heterocycles. The molecule has 0 fully saturated rings. The maximum Gasteiger partial charge on any atom is 0.274 e. The first-order chi connectivity index (χ1) is 11.7. The molecule has 2 aromatic carbocycles. The summed E-state index contributed by atoms with van der Waals surface area (Å²) in [6.07, 6.45) is 1.36. The van der Waals surface area contributed by atoms with Crippen LogP contribution in [-0.2, 0) is 0 Å². The number of amides is 1. The molecule has 0 aliphatic rings. The van der Waals surface area contributed by atoms with Crippen molar-refractivity contribution in [2.75, 3.05) is 17.7 Å². The van der Waals surface area contributed by atoms with Crippen molar-refractivity contribution in [1.82, 2.24) is 9.97 Å². The van der Waals surface area contributed by atoms with E-state index < -0.39 is 0 Å². The van der Waals surface area contributed by atoms with Crippen LogP contribution in [0.1, 0.15) is 10.5 Å². The quantitative estimate of drug-likeness (QED) is 0.752. The minimum absolute atomic E-state index is 0.277. The first kappa shape index (κ1) is 15.5. The standard InChI is InChI=1S/C18H16N4O2/c1-24-15-9-7-14(8-10-15)22-18(23)16-11-17(20-12-19-16)21-13-5-3-2-4-6-13/h2-12H,1H3,(H,22,23)(H,19,20,21). The van der Waals surface area contributed by atoms with E-state index in [1.807, 2.05) is 30.3 Å². The number of anilines is 3. The smallest absolute Gasteiger partial charge is 0.274 e. The third kappa shape index (κ3) is 3.86. The third-order valence-corrected chi connectivity index (χ3v) is 3.29. The molecule has 1 amide bonds. The number of nitrogens with one attached hydrogen (secondary N) is 2. The van der Waals surface area contributed by atoms with Crippen LogP contribution in [0.25, 0.3) is 0 Å². The van der Waals surface area contributed by atoms with Crippen LogP contribution in [0.2, 0.25) is 0 Å². The van der Waals surface area contributed by atoms with E-state index >= 15 is 0 Å². The zero-order valence-corrected chi connectivity index (χ0v) is 13.1. The second-order valence-electron chi connectivity index (χ2n) is 4.96. The van der Waals surface area contributed by atoms with Gasteiger partial charge < -0.3 is 15.4 Å². The van der Waals surface area contributed by atoms with Gasteiger partial charge in [0, 0.05) is 17.4 Å². The van der Waals surface area contributed by atoms with Gasteiger partial charge in [-0.25, -0.2) is 9.97 Å². The van der Waals surface area contributed by atoms with Gasteiger partial charge in [0.25, 0.3) is 5.91 Å². The number of carbonyl (C=O) groups excluding carboxylic acids is 1. The van der Waals surface area contributed by atoms with E-state index in [0.717, 1.165) is 11.4 Å². The lowest BCUT2D eigenvalue weighted by Crippen LogP contribution is -2.14. The van der Waals surface area contributed by atoms with E-state index in [0.29, 0.717) is 11.5 Å². The summed E-state index contributed by atoms with van der Waals surface area (Å²) in [6.45, 7) is 0. The zero-order valence-electron chi connectivity index (χ0n) is 13.1. The number of hydrogen-bond donors (Lipinski definition) is 2. The predicted octanol–water partition coefficient (Wildman–Crippen LogP) is 3.48. The molecule has 0 atom stereocenters. The van der Waals surface area contributed by atoms with Gasteiger partial charge in [-0.2, -0.15) is 0 Å². The lowest BCUT2D eigenvalue weighted by atomic mass is 10.3. The Morgan fingerprint density at radius 2 is 1.71 bits per heavy atom. The molecule has 0 bridgehead atoms. The van der Waals surface area contributed by atoms with E-state index in [9.17, 15) is 4.79 Å². The number of aromatic nitrogens is 2. The highest BCUT2D eigenvalue weighted by molar-refractivity contribution is 6.03. The summed E-state index contributed by atoms with van der Waals surface area (Å²) in [5.74, 6) is 0.971. The number of carbonyl (C=O) groups is 1. The second kappa shape index (κ2) is 7.23. The fraction of sp³-hybridized carbons (Fsp3) is 0.0556. The number of para-hydroxylation sites is 1. The number of ether oxygens (including phenoxy) is 1. The van der Waals surface area contributed by atoms with Crippen molar-refractivity contribution in [2.24, 2.45) is 0 Å². The average molecular weight is 320 g/mol. The SMILES string of the molecule is COc1ccc(NC(=O)c2cc(Nc3ccccc3)ncn2)cc1. The van der Waals surface area contributed by atoms with Crippen molar-refractivity contribution >= 4 is 23.1 Å². The van der Waals surface area contributed by atoms with Gasteiger partial charge in [0.2, 0.25) is 0 Å². The number of nitrogens with zero attached hydrogens (tertiary/aromatic N) is 2. The molecule has 6 nitrogen and oxygen atoms in total. The fourth-order valence-electron chi connectivity index (χ4n) is 2.09. The molecular weight excluding hydrogens is 304 g/mol. The Balaban J connectivity index is 1.71. The Morgan fingerprint density at radius 3 is 2.42 bits per heavy atom. The lowest BCUT2D eigenvalue weighted by Gasteiger charge is -2.08. The Hall–Kier alpha value is -3.41. The highest BCUT2D eigenvalue weighted by Crippen LogP contribution is 2.17. The Kier molecular flexibility index (Phi) is 4.67. The van der Waals surface area contributed by atoms with Gasteiger partial charge in [-0.05, 0) is 36.4 Å². The topological polar surface area (TPSA) is 76.1 Å². The van der Waals surface area contributed by atoms with Crippen molar-refractivity contribution < 1.29 is 9.53 Å². The van der Waals surface area contributed by atoms with Gasteiger partial charge in [0.05, 0.1) is 7.11 Å². The van der Waals surface area contributed by atoms with Gasteiger partial charge in [-0.1, -0.05) is 18.2 Å². The summed E-state index contributed by atoms with van der Waals surface area (Å²) in [5.41, 5.74) is 1.83. The lowest BCUT2D eigenvalue weighted by molar-refractivity contribution is 0.102. The third-order valence-electron chi connectivity index (χ3n) is 3.29. The minimum Gasteiger partial charge on any atom is -0.497 e. The molecule has 0 spiro atoms. The molecule has 1 aromatic heterocycles. The van der Waals surface area contributed by atoms with Crippen LogP contribution in [0.4, 0.5) is 17.2 Å². The zero-order chi connectivity index (χ0) is 16.8. The van der Waals surface area contributed by atoms with Crippen LogP contribution in [0.5, 0.6) is 5.75 Å². The maximum absolute atomic E-state index is 12.3. The largest absolute Gasteiger partial charge is 0.497 e. The first-order valence-electron chi connectivity index (χ1n) is 7.34. The normalized spacial score (nSPS) is 10.0. The van der Waals surface area contributed by atoms with Gasteiger partial charge in [0.1, 0.15) is 23.6 Å². The predicted molar refractivity (Wildman–Crippen MR) is 92.7 cm³/mol. The first-order valence-corrected chi connectivity index (χ1v) is 7.34. The van der Waals surface area contributed by atoms with Gasteiger partial charge in [-0.15, -0.1) is 0 Å². The summed E-state index contributed by atoms with van der Waals surface area (Å²) in [4.78, 5) is 20.5. The molecule has 3 rings (SSSR count). The number of benzene rings is 2. The highest BCUT2D eigenvalue weighted by atomic mass is 16.5. The molecule has 0 saturated heterocycles. The number of hydrogen-bond acceptors (Lipinski definition) is 5. The van der Waals surface area contributed by atoms with Crippen molar-refractivity contribution in [2.45, 2.75) is 0 Å². The van der Waals surface area contributed by atoms with Gasteiger partial charge >= 0.3 is 0 Å². The molecule has 2 N–H and O–H groups in total. The van der Waals surface area contributed by atoms with Crippen molar-refractivity contribution in [3.05, 3.63) is 72.7 Å². The molecule has 0 aliphatic carbocycles. The summed E-state index contributed by atoms with van der Waals surface area (Å²) in [5, 5.41) is 5.92. The van der Waals surface area contributed by atoms with Crippen molar-refractivity contribution in [3.63, 3.8) is 0 Å². The maximum atomic E-state index is 12.3. The minimum atomic E-state index is -0.307. The molecule has 24 heavy (non-hydrogen) atoms. The monoisotopic (exact) mass is 320 g/mol. The summed E-state index contributed by atoms with van der Waals surface area (Å²) in [7, 11) is 1.59. The Bertz CT molecular complexity index is 820. The van der Waals surface area contributed by atoms with Crippen molar-refractivity contribution in [1.29, 1.82) is 0 Å². The van der Waals surface area contributed by atoms with E-state index in [1.54, 1.807) is 37.4 Å². The van der Waals surface area contributed by atoms with E-state index in [-0.39, 0.29) is 11.6 Å². The fourth-order valence-corrected chi connectivity index (χ4v) is 2.09. The summed E-state index contributed by atoms with van der Waals surface area (Å²) in [6, 6.07) is 18.3. The van der Waals surface area contributed by atoms with Crippen LogP contribution in [-0.4, -0.2) is 23.0 Å². The molecular formula is C18H16N4O2. The highest BCUT2D eigenvalue weighted by Gasteiger charge is 2.09. The van der Waals surface area contributed by atoms with Crippen LogP contribution in [0.15, 0.2) is 67.0 Å². The number of methoxy groups -OCH3 is 1. The van der Waals surface area contributed by atoms with Gasteiger partial charge in [-0.3, -0.25) is 4.79 Å². The molecule has 6 heteroatoms. The Labute approximate surface area is 139 Å². The molecule has 0 unspecified atom stereocenters. The van der Waals surface area contributed by atoms with Crippen LogP contribution in [0, 0.1) is 0 Å². The molecule has 0 saturated carbocycles. The van der Waals surface area contributed by atoms with Crippen LogP contribution < -0.4 is 15.4 Å². The molecule has 0 radical (unpaired) electrons. The van der Waals surface area contributed by atoms with Crippen LogP contribution in [0.3, 0.4) is 0 Å². The molecule has 120 valence electrons. The van der Waals surface area contributed by atoms with E-state index in [4.69, 9.17) is 4.74 Å². The van der Waals surface area contributed by atoms with Gasteiger partial charge in [0.15, 0.2) is 0 Å². The molecule has 1 heterocycles. The second-order valence-corrected chi connectivity index (χ2v) is 4.96. The number of rotatable bonds is 5. The van der Waals surface area contributed by atoms with Crippen LogP contribution >= 0.6 is 0 Å². The van der Waals surface area contributed by atoms with E-state index in [2.05, 4.69) is 20.6 Å². The van der Waals surface area contributed by atoms with Crippen molar-refractivity contribution in [3.8, 4) is 5.75 Å². The average Bonchev–Trinajstić information content (AvgIpc) is 2.63. The summed E-state index contributed by atoms with van der Waals surface area (Å²) >= 11 is 0. The molecule has 3 aromatic rings.